The number of hydrogen-bond acceptors (Lipinski definition) is 2. The largest absolute Gasteiger partial charge is 0.303 e. The molecule has 1 aliphatic carbocycles. The van der Waals surface area contributed by atoms with Crippen LogP contribution in [0.15, 0.2) is 36.4 Å². The highest BCUT2D eigenvalue weighted by molar-refractivity contribution is 14.1. The summed E-state index contributed by atoms with van der Waals surface area (Å²) in [6.45, 7) is 2.26. The highest BCUT2D eigenvalue weighted by Crippen LogP contribution is 2.37. The van der Waals surface area contributed by atoms with Gasteiger partial charge in [-0.2, -0.15) is 0 Å². The molecule has 1 aromatic heterocycles. The molecule has 19 heavy (non-hydrogen) atoms. The van der Waals surface area contributed by atoms with Gasteiger partial charge in [0.2, 0.25) is 0 Å². The second-order valence-electron chi connectivity index (χ2n) is 5.17. The molecule has 3 rings (SSSR count). The monoisotopic (exact) mass is 383 g/mol. The summed E-state index contributed by atoms with van der Waals surface area (Å²) in [5, 5.41) is 3.81. The Morgan fingerprint density at radius 2 is 2.11 bits per heavy atom. The van der Waals surface area contributed by atoms with Crippen LogP contribution in [0.1, 0.15) is 47.9 Å². The summed E-state index contributed by atoms with van der Waals surface area (Å²) >= 11 is 4.41. The van der Waals surface area contributed by atoms with Crippen molar-refractivity contribution in [1.82, 2.24) is 5.32 Å². The lowest BCUT2D eigenvalue weighted by atomic mass is 9.93. The molecule has 0 bridgehead atoms. The Morgan fingerprint density at radius 3 is 2.89 bits per heavy atom. The lowest BCUT2D eigenvalue weighted by Crippen LogP contribution is -2.27. The van der Waals surface area contributed by atoms with E-state index < -0.39 is 0 Å². The maximum Gasteiger partial charge on any atom is 0.0659 e. The van der Waals surface area contributed by atoms with Crippen molar-refractivity contribution in [2.45, 2.75) is 38.3 Å². The molecule has 1 nitrogen and oxygen atoms in total. The van der Waals surface area contributed by atoms with Crippen molar-refractivity contribution in [2.24, 2.45) is 0 Å². The predicted molar refractivity (Wildman–Crippen MR) is 90.7 cm³/mol. The lowest BCUT2D eigenvalue weighted by molar-refractivity contribution is 0.418. The third-order valence-electron chi connectivity index (χ3n) is 3.83. The first kappa shape index (κ1) is 13.6. The zero-order chi connectivity index (χ0) is 13.2. The number of hydrogen-bond donors (Lipinski definition) is 1. The predicted octanol–water partition coefficient (Wildman–Crippen LogP) is 5.08. The van der Waals surface area contributed by atoms with Gasteiger partial charge in [0, 0.05) is 17.0 Å². The molecule has 3 heteroatoms. The van der Waals surface area contributed by atoms with E-state index in [0.29, 0.717) is 12.1 Å². The van der Waals surface area contributed by atoms with Crippen LogP contribution in [0.2, 0.25) is 0 Å². The van der Waals surface area contributed by atoms with Crippen LogP contribution in [0.25, 0.3) is 0 Å². The molecule has 2 aromatic rings. The summed E-state index contributed by atoms with van der Waals surface area (Å²) in [7, 11) is 0. The molecule has 100 valence electrons. The van der Waals surface area contributed by atoms with Crippen LogP contribution in [0.3, 0.4) is 0 Å². The quantitative estimate of drug-likeness (QED) is 0.729. The molecule has 1 heterocycles. The Hall–Kier alpha value is -0.390. The molecular weight excluding hydrogens is 365 g/mol. The Labute approximate surface area is 132 Å². The average Bonchev–Trinajstić information content (AvgIpc) is 2.81. The number of fused-ring (bicyclic) bond motifs is 1. The molecule has 0 spiro atoms. The molecular formula is C16H18INS. The van der Waals surface area contributed by atoms with Crippen LogP contribution in [0.4, 0.5) is 0 Å². The Balaban J connectivity index is 1.77. The second kappa shape index (κ2) is 5.94. The summed E-state index contributed by atoms with van der Waals surface area (Å²) in [6, 6.07) is 14.0. The molecule has 0 amide bonds. The maximum absolute atomic E-state index is 3.81. The standard InChI is InChI=1S/C16H18INS/c1-11(12-6-3-2-4-7-12)18-14-8-5-9-15-13(14)10-16(17)19-15/h2-4,6-7,10-11,14,18H,5,8-9H2,1H3/t11-,14?/m0/s1. The highest BCUT2D eigenvalue weighted by Gasteiger charge is 2.23. The zero-order valence-corrected chi connectivity index (χ0v) is 14.0. The van der Waals surface area contributed by atoms with Crippen molar-refractivity contribution < 1.29 is 0 Å². The summed E-state index contributed by atoms with van der Waals surface area (Å²) in [6.07, 6.45) is 3.83. The topological polar surface area (TPSA) is 12.0 Å². The van der Waals surface area contributed by atoms with Crippen molar-refractivity contribution in [1.29, 1.82) is 0 Å². The van der Waals surface area contributed by atoms with E-state index in [4.69, 9.17) is 0 Å². The summed E-state index contributed by atoms with van der Waals surface area (Å²) in [5.74, 6) is 0. The molecule has 0 radical (unpaired) electrons. The smallest absolute Gasteiger partial charge is 0.0659 e. The Morgan fingerprint density at radius 1 is 1.32 bits per heavy atom. The Bertz CT molecular complexity index is 549. The van der Waals surface area contributed by atoms with Gasteiger partial charge in [0.05, 0.1) is 2.88 Å². The maximum atomic E-state index is 3.81. The van der Waals surface area contributed by atoms with Crippen LogP contribution in [-0.4, -0.2) is 0 Å². The summed E-state index contributed by atoms with van der Waals surface area (Å²) < 4.78 is 1.42. The van der Waals surface area contributed by atoms with E-state index in [0.717, 1.165) is 0 Å². The molecule has 0 fully saturated rings. The van der Waals surface area contributed by atoms with Gasteiger partial charge in [-0.25, -0.2) is 0 Å². The molecule has 0 aliphatic heterocycles. The summed E-state index contributed by atoms with van der Waals surface area (Å²) in [4.78, 5) is 1.59. The van der Waals surface area contributed by atoms with Gasteiger partial charge in [0.1, 0.15) is 0 Å². The number of nitrogens with one attached hydrogen (secondary N) is 1. The minimum atomic E-state index is 0.412. The first-order chi connectivity index (χ1) is 9.24. The minimum absolute atomic E-state index is 0.412. The van der Waals surface area contributed by atoms with E-state index in [2.05, 4.69) is 71.2 Å². The van der Waals surface area contributed by atoms with Gasteiger partial charge in [-0.05, 0) is 66.0 Å². The first-order valence-electron chi connectivity index (χ1n) is 6.83. The van der Waals surface area contributed by atoms with Crippen LogP contribution < -0.4 is 5.32 Å². The molecule has 0 saturated carbocycles. The zero-order valence-electron chi connectivity index (χ0n) is 11.0. The number of benzene rings is 1. The Kier molecular flexibility index (Phi) is 4.24. The van der Waals surface area contributed by atoms with Gasteiger partial charge in [-0.1, -0.05) is 30.3 Å². The van der Waals surface area contributed by atoms with Crippen LogP contribution >= 0.6 is 33.9 Å². The van der Waals surface area contributed by atoms with Crippen molar-refractivity contribution in [3.8, 4) is 0 Å². The van der Waals surface area contributed by atoms with Gasteiger partial charge in [0.25, 0.3) is 0 Å². The normalized spacial score (nSPS) is 20.0. The summed E-state index contributed by atoms with van der Waals surface area (Å²) in [5.41, 5.74) is 2.92. The SMILES string of the molecule is C[C@H](NC1CCCc2sc(I)cc21)c1ccccc1. The molecule has 0 saturated heterocycles. The fraction of sp³-hybridized carbons (Fsp3) is 0.375. The van der Waals surface area contributed by atoms with Gasteiger partial charge >= 0.3 is 0 Å². The second-order valence-corrected chi connectivity index (χ2v) is 8.20. The number of thiophene rings is 1. The van der Waals surface area contributed by atoms with E-state index >= 15 is 0 Å². The van der Waals surface area contributed by atoms with Crippen LogP contribution in [0.5, 0.6) is 0 Å². The minimum Gasteiger partial charge on any atom is -0.303 e. The van der Waals surface area contributed by atoms with Gasteiger partial charge in [0.15, 0.2) is 0 Å². The third-order valence-corrected chi connectivity index (χ3v) is 5.81. The number of halogens is 1. The van der Waals surface area contributed by atoms with E-state index in [9.17, 15) is 0 Å². The third kappa shape index (κ3) is 3.03. The molecule has 1 aromatic carbocycles. The average molecular weight is 383 g/mol. The first-order valence-corrected chi connectivity index (χ1v) is 8.72. The van der Waals surface area contributed by atoms with Crippen molar-refractivity contribution in [2.75, 3.05) is 0 Å². The van der Waals surface area contributed by atoms with Gasteiger partial charge in [-0.15, -0.1) is 11.3 Å². The van der Waals surface area contributed by atoms with E-state index in [-0.39, 0.29) is 0 Å². The van der Waals surface area contributed by atoms with Crippen molar-refractivity contribution in [3.63, 3.8) is 0 Å². The van der Waals surface area contributed by atoms with E-state index in [1.807, 2.05) is 11.3 Å². The van der Waals surface area contributed by atoms with E-state index in [1.54, 1.807) is 10.4 Å². The molecule has 1 aliphatic rings. The van der Waals surface area contributed by atoms with Crippen molar-refractivity contribution >= 4 is 33.9 Å². The van der Waals surface area contributed by atoms with Crippen LogP contribution in [-0.2, 0) is 6.42 Å². The van der Waals surface area contributed by atoms with Crippen LogP contribution in [0, 0.1) is 2.88 Å². The molecule has 1 unspecified atom stereocenters. The van der Waals surface area contributed by atoms with Gasteiger partial charge in [-0.3, -0.25) is 0 Å². The molecule has 1 N–H and O–H groups in total. The lowest BCUT2D eigenvalue weighted by Gasteiger charge is -2.27. The fourth-order valence-corrected chi connectivity index (χ4v) is 4.95. The van der Waals surface area contributed by atoms with E-state index in [1.165, 1.54) is 27.7 Å². The van der Waals surface area contributed by atoms with Gasteiger partial charge < -0.3 is 5.32 Å². The highest BCUT2D eigenvalue weighted by atomic mass is 127. The number of aryl methyl sites for hydroxylation is 1. The fourth-order valence-electron chi connectivity index (χ4n) is 2.83. The number of rotatable bonds is 3. The van der Waals surface area contributed by atoms with Crippen molar-refractivity contribution in [3.05, 3.63) is 55.3 Å². The molecule has 2 atom stereocenters.